The number of hydrogen-bond acceptors (Lipinski definition) is 6. The van der Waals surface area contributed by atoms with Crippen LogP contribution in [0.4, 0.5) is 5.82 Å². The minimum Gasteiger partial charge on any atom is -0.353 e. The van der Waals surface area contributed by atoms with E-state index in [0.717, 1.165) is 29.9 Å². The van der Waals surface area contributed by atoms with Crippen LogP contribution in [-0.2, 0) is 11.2 Å². The zero-order valence-electron chi connectivity index (χ0n) is 15.1. The van der Waals surface area contributed by atoms with E-state index in [9.17, 15) is 4.79 Å². The molecule has 27 heavy (non-hydrogen) atoms. The van der Waals surface area contributed by atoms with Gasteiger partial charge in [-0.25, -0.2) is 4.98 Å². The Morgan fingerprint density at radius 2 is 2.07 bits per heavy atom. The van der Waals surface area contributed by atoms with Crippen LogP contribution in [0, 0.1) is 0 Å². The number of nitrogens with zero attached hydrogens (tertiary/aromatic N) is 4. The normalized spacial score (nSPS) is 17.0. The first-order valence-corrected chi connectivity index (χ1v) is 9.12. The molecule has 3 aromatic rings. The van der Waals surface area contributed by atoms with Gasteiger partial charge < -0.3 is 14.7 Å². The maximum absolute atomic E-state index is 12.0. The van der Waals surface area contributed by atoms with Gasteiger partial charge in [-0.2, -0.15) is 4.98 Å². The largest absolute Gasteiger partial charge is 0.353 e. The monoisotopic (exact) mass is 363 g/mol. The van der Waals surface area contributed by atoms with Crippen LogP contribution < -0.4 is 10.2 Å². The van der Waals surface area contributed by atoms with Gasteiger partial charge >= 0.3 is 0 Å². The number of hydrogen-bond donors (Lipinski definition) is 1. The Kier molecular flexibility index (Phi) is 4.82. The summed E-state index contributed by atoms with van der Waals surface area (Å²) in [6.45, 7) is 3.38. The van der Waals surface area contributed by atoms with Crippen molar-refractivity contribution in [3.63, 3.8) is 0 Å². The van der Waals surface area contributed by atoms with Crippen molar-refractivity contribution in [2.24, 2.45) is 0 Å². The number of nitrogens with one attached hydrogen (secondary N) is 1. The van der Waals surface area contributed by atoms with Crippen molar-refractivity contribution < 1.29 is 9.32 Å². The first-order chi connectivity index (χ1) is 13.2. The van der Waals surface area contributed by atoms with Gasteiger partial charge in [-0.15, -0.1) is 0 Å². The molecule has 0 spiro atoms. The summed E-state index contributed by atoms with van der Waals surface area (Å²) in [5.74, 6) is 1.92. The lowest BCUT2D eigenvalue weighted by Gasteiger charge is -2.35. The van der Waals surface area contributed by atoms with E-state index < -0.39 is 0 Å². The topological polar surface area (TPSA) is 84.2 Å². The average molecular weight is 363 g/mol. The van der Waals surface area contributed by atoms with Crippen LogP contribution in [0.15, 0.2) is 53.2 Å². The molecule has 1 atom stereocenters. The van der Waals surface area contributed by atoms with Gasteiger partial charge in [-0.05, 0) is 24.1 Å². The summed E-state index contributed by atoms with van der Waals surface area (Å²) >= 11 is 0. The zero-order valence-corrected chi connectivity index (χ0v) is 15.1. The van der Waals surface area contributed by atoms with Crippen molar-refractivity contribution in [1.82, 2.24) is 20.4 Å². The number of carbonyl (C=O) groups excluding carboxylic acids is 1. The molecule has 3 heterocycles. The summed E-state index contributed by atoms with van der Waals surface area (Å²) in [6, 6.07) is 13.6. The Morgan fingerprint density at radius 1 is 1.22 bits per heavy atom. The van der Waals surface area contributed by atoms with Crippen LogP contribution in [0.3, 0.4) is 0 Å². The first-order valence-electron chi connectivity index (χ1n) is 9.12. The zero-order chi connectivity index (χ0) is 18.6. The number of carbonyl (C=O) groups is 1. The predicted octanol–water partition coefficient (Wildman–Crippen LogP) is 2.44. The van der Waals surface area contributed by atoms with Gasteiger partial charge in [-0.3, -0.25) is 4.79 Å². The minimum absolute atomic E-state index is 0.0529. The third kappa shape index (κ3) is 3.67. The Bertz CT molecular complexity index is 908. The molecule has 0 aliphatic carbocycles. The quantitative estimate of drug-likeness (QED) is 0.749. The summed E-state index contributed by atoms with van der Waals surface area (Å²) in [7, 11) is 0. The number of aromatic nitrogens is 3. The number of rotatable bonds is 5. The lowest BCUT2D eigenvalue weighted by molar-refractivity contribution is -0.123. The molecular weight excluding hydrogens is 342 g/mol. The van der Waals surface area contributed by atoms with Crippen LogP contribution >= 0.6 is 0 Å². The first kappa shape index (κ1) is 17.2. The molecule has 1 aromatic carbocycles. The van der Waals surface area contributed by atoms with Crippen molar-refractivity contribution in [2.75, 3.05) is 18.0 Å². The molecule has 7 heteroatoms. The Morgan fingerprint density at radius 3 is 2.81 bits per heavy atom. The van der Waals surface area contributed by atoms with Crippen LogP contribution in [0.2, 0.25) is 0 Å². The highest BCUT2D eigenvalue weighted by Gasteiger charge is 2.28. The minimum atomic E-state index is -0.182. The smallest absolute Gasteiger partial charge is 0.259 e. The van der Waals surface area contributed by atoms with E-state index in [4.69, 9.17) is 4.52 Å². The van der Waals surface area contributed by atoms with E-state index in [2.05, 4.69) is 20.4 Å². The Balaban J connectivity index is 1.50. The Hall–Kier alpha value is -3.22. The molecule has 1 fully saturated rings. The predicted molar refractivity (Wildman–Crippen MR) is 101 cm³/mol. The van der Waals surface area contributed by atoms with Crippen molar-refractivity contribution >= 4 is 11.7 Å². The second-order valence-electron chi connectivity index (χ2n) is 6.49. The fourth-order valence-electron chi connectivity index (χ4n) is 3.30. The molecule has 0 bridgehead atoms. The lowest BCUT2D eigenvalue weighted by atomic mass is 10.1. The van der Waals surface area contributed by atoms with E-state index in [1.54, 1.807) is 6.20 Å². The van der Waals surface area contributed by atoms with Crippen LogP contribution in [0.1, 0.15) is 24.7 Å². The highest BCUT2D eigenvalue weighted by molar-refractivity contribution is 5.86. The fourth-order valence-corrected chi connectivity index (χ4v) is 3.30. The highest BCUT2D eigenvalue weighted by atomic mass is 16.5. The van der Waals surface area contributed by atoms with Gasteiger partial charge in [0.1, 0.15) is 11.9 Å². The summed E-state index contributed by atoms with van der Waals surface area (Å²) < 4.78 is 5.39. The number of piperazine rings is 1. The van der Waals surface area contributed by atoms with E-state index in [1.165, 1.54) is 0 Å². The van der Waals surface area contributed by atoms with Gasteiger partial charge in [0.05, 0.1) is 5.56 Å². The molecule has 1 saturated heterocycles. The second-order valence-corrected chi connectivity index (χ2v) is 6.49. The molecule has 1 amide bonds. The molecule has 1 unspecified atom stereocenters. The van der Waals surface area contributed by atoms with Crippen molar-refractivity contribution in [3.05, 3.63) is 60.0 Å². The average Bonchev–Trinajstić information content (AvgIpc) is 3.17. The third-order valence-electron chi connectivity index (χ3n) is 4.68. The van der Waals surface area contributed by atoms with Gasteiger partial charge in [0, 0.05) is 25.7 Å². The summed E-state index contributed by atoms with van der Waals surface area (Å²) in [5, 5.41) is 6.96. The van der Waals surface area contributed by atoms with Crippen LogP contribution in [0.5, 0.6) is 0 Å². The highest BCUT2D eigenvalue weighted by Crippen LogP contribution is 2.23. The van der Waals surface area contributed by atoms with Crippen LogP contribution in [-0.4, -0.2) is 40.2 Å². The molecule has 4 rings (SSSR count). The van der Waals surface area contributed by atoms with Gasteiger partial charge in [0.2, 0.25) is 5.91 Å². The molecule has 2 aromatic heterocycles. The van der Waals surface area contributed by atoms with Crippen molar-refractivity contribution in [2.45, 2.75) is 25.8 Å². The third-order valence-corrected chi connectivity index (χ3v) is 4.68. The van der Waals surface area contributed by atoms with Crippen LogP contribution in [0.25, 0.3) is 11.5 Å². The molecule has 0 saturated carbocycles. The molecule has 1 aliphatic rings. The molecule has 0 radical (unpaired) electrons. The number of amides is 1. The maximum atomic E-state index is 12.0. The van der Waals surface area contributed by atoms with E-state index in [1.807, 2.05) is 54.3 Å². The lowest BCUT2D eigenvalue weighted by Crippen LogP contribution is -2.55. The number of pyridine rings is 1. The maximum Gasteiger partial charge on any atom is 0.259 e. The van der Waals surface area contributed by atoms with E-state index in [-0.39, 0.29) is 11.9 Å². The molecule has 138 valence electrons. The van der Waals surface area contributed by atoms with Gasteiger partial charge in [0.15, 0.2) is 5.82 Å². The van der Waals surface area contributed by atoms with E-state index >= 15 is 0 Å². The SMILES string of the molecule is CCC1C(=O)NCCN1c1ccc(-c2nc(Cc3ccccc3)no2)cn1. The Labute approximate surface area is 157 Å². The molecular formula is C20H21N5O2. The van der Waals surface area contributed by atoms with Gasteiger partial charge in [-0.1, -0.05) is 42.4 Å². The molecule has 7 nitrogen and oxygen atoms in total. The number of benzene rings is 1. The van der Waals surface area contributed by atoms with Crippen molar-refractivity contribution in [1.29, 1.82) is 0 Å². The summed E-state index contributed by atoms with van der Waals surface area (Å²) in [5.41, 5.74) is 1.90. The fraction of sp³-hybridized carbons (Fsp3) is 0.300. The number of anilines is 1. The van der Waals surface area contributed by atoms with Gasteiger partial charge in [0.25, 0.3) is 5.89 Å². The second kappa shape index (κ2) is 7.57. The molecule has 1 N–H and O–H groups in total. The van der Waals surface area contributed by atoms with Crippen molar-refractivity contribution in [3.8, 4) is 11.5 Å². The van der Waals surface area contributed by atoms with E-state index in [0.29, 0.717) is 24.7 Å². The summed E-state index contributed by atoms with van der Waals surface area (Å²) in [4.78, 5) is 23.1. The summed E-state index contributed by atoms with van der Waals surface area (Å²) in [6.07, 6.45) is 3.08. The molecule has 1 aliphatic heterocycles. The standard InChI is InChI=1S/C20H21N5O2/c1-2-16-19(26)21-10-11-25(16)18-9-8-15(13-22-18)20-23-17(24-27-20)12-14-6-4-3-5-7-14/h3-9,13,16H,2,10-12H2,1H3,(H,21,26).